The Morgan fingerprint density at radius 1 is 1.07 bits per heavy atom. The van der Waals surface area contributed by atoms with Crippen LogP contribution in [0, 0.1) is 0 Å². The van der Waals surface area contributed by atoms with Crippen molar-refractivity contribution in [3.05, 3.63) is 58.6 Å². The molecule has 2 N–H and O–H groups in total. The molecule has 1 aliphatic heterocycles. The topological polar surface area (TPSA) is 45.8 Å². The zero-order valence-electron chi connectivity index (χ0n) is 15.8. The molecule has 0 spiro atoms. The largest absolute Gasteiger partial charge is 0.493 e. The van der Waals surface area contributed by atoms with Gasteiger partial charge in [-0.15, -0.1) is 0 Å². The van der Waals surface area contributed by atoms with E-state index >= 15 is 0 Å². The fraction of sp³-hybridized carbons (Fsp3) is 0.429. The van der Waals surface area contributed by atoms with Gasteiger partial charge in [0.1, 0.15) is 6.61 Å². The summed E-state index contributed by atoms with van der Waals surface area (Å²) < 4.78 is 11.6. The highest BCUT2D eigenvalue weighted by atomic mass is 35.5. The molecule has 0 aliphatic carbocycles. The van der Waals surface area contributed by atoms with E-state index in [1.807, 2.05) is 36.4 Å². The highest BCUT2D eigenvalue weighted by Gasteiger charge is 2.12. The van der Waals surface area contributed by atoms with E-state index in [9.17, 15) is 0 Å². The third-order valence-corrected chi connectivity index (χ3v) is 5.11. The van der Waals surface area contributed by atoms with E-state index in [1.54, 1.807) is 7.11 Å². The first-order valence-electron chi connectivity index (χ1n) is 9.44. The van der Waals surface area contributed by atoms with Crippen molar-refractivity contribution in [1.29, 1.82) is 0 Å². The van der Waals surface area contributed by atoms with Crippen LogP contribution in [-0.2, 0) is 13.2 Å². The minimum absolute atomic E-state index is 0.411. The van der Waals surface area contributed by atoms with E-state index in [-0.39, 0.29) is 0 Å². The van der Waals surface area contributed by atoms with Crippen molar-refractivity contribution in [2.45, 2.75) is 13.2 Å². The van der Waals surface area contributed by atoms with Crippen LogP contribution in [0.25, 0.3) is 0 Å². The summed E-state index contributed by atoms with van der Waals surface area (Å²) in [5, 5.41) is 7.62. The number of ether oxygens (including phenoxy) is 2. The lowest BCUT2D eigenvalue weighted by molar-refractivity contribution is 0.240. The maximum atomic E-state index is 6.25. The summed E-state index contributed by atoms with van der Waals surface area (Å²) in [4.78, 5) is 2.48. The van der Waals surface area contributed by atoms with E-state index in [0.717, 1.165) is 68.4 Å². The Balaban J connectivity index is 1.58. The zero-order chi connectivity index (χ0) is 18.9. The van der Waals surface area contributed by atoms with Gasteiger partial charge >= 0.3 is 0 Å². The Morgan fingerprint density at radius 3 is 2.63 bits per heavy atom. The van der Waals surface area contributed by atoms with Crippen molar-refractivity contribution in [3.63, 3.8) is 0 Å². The van der Waals surface area contributed by atoms with Crippen LogP contribution in [0.2, 0.25) is 5.02 Å². The molecule has 1 fully saturated rings. The molecule has 2 aromatic rings. The average molecular weight is 390 g/mol. The molecule has 0 radical (unpaired) electrons. The van der Waals surface area contributed by atoms with Gasteiger partial charge in [-0.25, -0.2) is 0 Å². The summed E-state index contributed by atoms with van der Waals surface area (Å²) in [5.74, 6) is 1.51. The van der Waals surface area contributed by atoms with Crippen molar-refractivity contribution < 1.29 is 9.47 Å². The third-order valence-electron chi connectivity index (χ3n) is 4.74. The van der Waals surface area contributed by atoms with Crippen molar-refractivity contribution >= 4 is 11.6 Å². The third kappa shape index (κ3) is 5.84. The second kappa shape index (κ2) is 10.5. The van der Waals surface area contributed by atoms with Gasteiger partial charge in [0.05, 0.1) is 7.11 Å². The molecular formula is C21H28ClN3O2. The molecule has 27 heavy (non-hydrogen) atoms. The van der Waals surface area contributed by atoms with Crippen LogP contribution in [-0.4, -0.2) is 51.3 Å². The summed E-state index contributed by atoms with van der Waals surface area (Å²) in [6.07, 6.45) is 0. The Morgan fingerprint density at radius 2 is 1.85 bits per heavy atom. The van der Waals surface area contributed by atoms with Crippen LogP contribution in [0.15, 0.2) is 42.5 Å². The number of hydrogen-bond donors (Lipinski definition) is 2. The molecule has 0 amide bonds. The highest BCUT2D eigenvalue weighted by molar-refractivity contribution is 6.31. The SMILES string of the molecule is COc1cccc(CNCCN2CCNCC2)c1OCc1ccccc1Cl. The molecule has 6 heteroatoms. The maximum absolute atomic E-state index is 6.25. The Labute approximate surface area is 166 Å². The number of benzene rings is 2. The normalized spacial score (nSPS) is 14.9. The van der Waals surface area contributed by atoms with Gasteiger partial charge in [0.2, 0.25) is 0 Å². The van der Waals surface area contributed by atoms with E-state index in [1.165, 1.54) is 0 Å². The first kappa shape index (κ1) is 20.0. The van der Waals surface area contributed by atoms with E-state index in [4.69, 9.17) is 21.1 Å². The summed E-state index contributed by atoms with van der Waals surface area (Å²) in [7, 11) is 1.67. The fourth-order valence-corrected chi connectivity index (χ4v) is 3.38. The minimum atomic E-state index is 0.411. The lowest BCUT2D eigenvalue weighted by Crippen LogP contribution is -2.45. The molecule has 3 rings (SSSR count). The van der Waals surface area contributed by atoms with E-state index in [2.05, 4.69) is 21.6 Å². The Kier molecular flexibility index (Phi) is 7.78. The van der Waals surface area contributed by atoms with Gasteiger partial charge in [0.25, 0.3) is 0 Å². The monoisotopic (exact) mass is 389 g/mol. The molecule has 2 aromatic carbocycles. The highest BCUT2D eigenvalue weighted by Crippen LogP contribution is 2.32. The number of para-hydroxylation sites is 1. The van der Waals surface area contributed by atoms with E-state index in [0.29, 0.717) is 11.6 Å². The number of nitrogens with one attached hydrogen (secondary N) is 2. The number of rotatable bonds is 9. The van der Waals surface area contributed by atoms with Gasteiger partial charge < -0.3 is 20.1 Å². The van der Waals surface area contributed by atoms with Crippen LogP contribution in [0.3, 0.4) is 0 Å². The second-order valence-corrected chi connectivity index (χ2v) is 7.00. The minimum Gasteiger partial charge on any atom is -0.493 e. The van der Waals surface area contributed by atoms with Crippen LogP contribution >= 0.6 is 11.6 Å². The number of piperazine rings is 1. The maximum Gasteiger partial charge on any atom is 0.166 e. The van der Waals surface area contributed by atoms with Gasteiger partial charge in [0, 0.05) is 62.0 Å². The molecule has 146 valence electrons. The molecule has 5 nitrogen and oxygen atoms in total. The Hall–Kier alpha value is -1.79. The number of nitrogens with zero attached hydrogens (tertiary/aromatic N) is 1. The van der Waals surface area contributed by atoms with Crippen molar-refractivity contribution in [3.8, 4) is 11.5 Å². The second-order valence-electron chi connectivity index (χ2n) is 6.60. The molecule has 1 aliphatic rings. The average Bonchev–Trinajstić information content (AvgIpc) is 2.71. The standard InChI is InChI=1S/C21H28ClN3O2/c1-26-20-8-4-6-17(15-24-11-14-25-12-9-23-10-13-25)21(20)27-16-18-5-2-3-7-19(18)22/h2-8,23-24H,9-16H2,1H3. The van der Waals surface area contributed by atoms with E-state index < -0.39 is 0 Å². The molecule has 0 saturated carbocycles. The molecular weight excluding hydrogens is 362 g/mol. The quantitative estimate of drug-likeness (QED) is 0.646. The first-order valence-corrected chi connectivity index (χ1v) is 9.81. The van der Waals surface area contributed by atoms with Crippen LogP contribution in [0.4, 0.5) is 0 Å². The van der Waals surface area contributed by atoms with Crippen LogP contribution in [0.5, 0.6) is 11.5 Å². The van der Waals surface area contributed by atoms with Gasteiger partial charge in [0.15, 0.2) is 11.5 Å². The predicted molar refractivity (Wildman–Crippen MR) is 110 cm³/mol. The summed E-state index contributed by atoms with van der Waals surface area (Å²) >= 11 is 6.25. The predicted octanol–water partition coefficient (Wildman–Crippen LogP) is 2.92. The summed E-state index contributed by atoms with van der Waals surface area (Å²) in [6.45, 7) is 7.55. The van der Waals surface area contributed by atoms with Crippen molar-refractivity contribution in [2.24, 2.45) is 0 Å². The van der Waals surface area contributed by atoms with Crippen LogP contribution in [0.1, 0.15) is 11.1 Å². The number of methoxy groups -OCH3 is 1. The van der Waals surface area contributed by atoms with Crippen LogP contribution < -0.4 is 20.1 Å². The van der Waals surface area contributed by atoms with Gasteiger partial charge in [-0.3, -0.25) is 4.90 Å². The number of hydrogen-bond acceptors (Lipinski definition) is 5. The molecule has 0 unspecified atom stereocenters. The zero-order valence-corrected chi connectivity index (χ0v) is 16.6. The lowest BCUT2D eigenvalue weighted by atomic mass is 10.1. The molecule has 0 aromatic heterocycles. The smallest absolute Gasteiger partial charge is 0.166 e. The van der Waals surface area contributed by atoms with Gasteiger partial charge in [-0.05, 0) is 12.1 Å². The summed E-state index contributed by atoms with van der Waals surface area (Å²) in [6, 6.07) is 13.7. The fourth-order valence-electron chi connectivity index (χ4n) is 3.19. The van der Waals surface area contributed by atoms with Crippen molar-refractivity contribution in [2.75, 3.05) is 46.4 Å². The lowest BCUT2D eigenvalue weighted by Gasteiger charge is -2.27. The number of halogens is 1. The molecule has 0 bridgehead atoms. The Bertz CT molecular complexity index is 720. The molecule has 1 heterocycles. The summed E-state index contributed by atoms with van der Waals surface area (Å²) in [5.41, 5.74) is 2.05. The van der Waals surface area contributed by atoms with Crippen molar-refractivity contribution in [1.82, 2.24) is 15.5 Å². The molecule has 0 atom stereocenters. The molecule has 1 saturated heterocycles. The first-order chi connectivity index (χ1) is 13.3. The van der Waals surface area contributed by atoms with Gasteiger partial charge in [-0.1, -0.05) is 41.9 Å². The van der Waals surface area contributed by atoms with Gasteiger partial charge in [-0.2, -0.15) is 0 Å².